The van der Waals surface area contributed by atoms with Crippen LogP contribution in [-0.2, 0) is 4.74 Å². The Morgan fingerprint density at radius 3 is 2.94 bits per heavy atom. The third kappa shape index (κ3) is 2.58. The zero-order valence-corrected chi connectivity index (χ0v) is 10.7. The van der Waals surface area contributed by atoms with Crippen LogP contribution in [0, 0.1) is 6.92 Å². The van der Waals surface area contributed by atoms with Crippen LogP contribution in [0.25, 0.3) is 0 Å². The van der Waals surface area contributed by atoms with Gasteiger partial charge in [0.2, 0.25) is 0 Å². The van der Waals surface area contributed by atoms with Gasteiger partial charge in [0.1, 0.15) is 10.6 Å². The highest BCUT2D eigenvalue weighted by Crippen LogP contribution is 2.30. The zero-order valence-electron chi connectivity index (χ0n) is 9.90. The van der Waals surface area contributed by atoms with Gasteiger partial charge in [-0.2, -0.15) is 4.37 Å². The summed E-state index contributed by atoms with van der Waals surface area (Å²) in [5, 5.41) is 13.0. The Morgan fingerprint density at radius 2 is 2.35 bits per heavy atom. The van der Waals surface area contributed by atoms with Gasteiger partial charge in [0.15, 0.2) is 0 Å². The number of aromatic carboxylic acids is 1. The maximum absolute atomic E-state index is 11.1. The second kappa shape index (κ2) is 5.01. The number of carboxylic acids is 1. The lowest BCUT2D eigenvalue weighted by Crippen LogP contribution is -2.18. The fraction of sp³-hybridized carbons (Fsp3) is 0.636. The minimum Gasteiger partial charge on any atom is -0.478 e. The van der Waals surface area contributed by atoms with Crippen LogP contribution in [-0.4, -0.2) is 34.7 Å². The lowest BCUT2D eigenvalue weighted by molar-refractivity contribution is 0.0697. The maximum atomic E-state index is 11.1. The van der Waals surface area contributed by atoms with E-state index >= 15 is 0 Å². The third-order valence-electron chi connectivity index (χ3n) is 3.13. The molecule has 6 heteroatoms. The van der Waals surface area contributed by atoms with Crippen molar-refractivity contribution in [3.63, 3.8) is 0 Å². The molecule has 17 heavy (non-hydrogen) atoms. The first-order valence-corrected chi connectivity index (χ1v) is 6.38. The number of nitrogens with zero attached hydrogens (tertiary/aromatic N) is 1. The van der Waals surface area contributed by atoms with E-state index in [1.54, 1.807) is 14.0 Å². The molecule has 0 amide bonds. The average Bonchev–Trinajstić information content (AvgIpc) is 2.86. The number of anilines is 1. The molecule has 1 saturated carbocycles. The van der Waals surface area contributed by atoms with E-state index in [-0.39, 0.29) is 12.1 Å². The van der Waals surface area contributed by atoms with Gasteiger partial charge in [-0.05, 0) is 37.7 Å². The first-order valence-electron chi connectivity index (χ1n) is 5.60. The highest BCUT2D eigenvalue weighted by molar-refractivity contribution is 7.10. The van der Waals surface area contributed by atoms with Crippen molar-refractivity contribution < 1.29 is 14.6 Å². The first kappa shape index (κ1) is 12.3. The molecule has 1 aliphatic rings. The van der Waals surface area contributed by atoms with Gasteiger partial charge < -0.3 is 15.2 Å². The molecule has 1 heterocycles. The molecule has 0 spiro atoms. The Labute approximate surface area is 104 Å². The Bertz CT molecular complexity index is 419. The predicted octanol–water partition coefficient (Wildman–Crippen LogP) is 2.13. The predicted molar refractivity (Wildman–Crippen MR) is 65.9 cm³/mol. The number of nitrogens with one attached hydrogen (secondary N) is 1. The summed E-state index contributed by atoms with van der Waals surface area (Å²) in [6, 6.07) is 0.290. The number of ether oxygens (including phenoxy) is 1. The normalized spacial score (nSPS) is 23.9. The van der Waals surface area contributed by atoms with Crippen molar-refractivity contribution in [1.29, 1.82) is 0 Å². The summed E-state index contributed by atoms with van der Waals surface area (Å²) in [4.78, 5) is 11.1. The molecule has 0 radical (unpaired) electrons. The summed E-state index contributed by atoms with van der Waals surface area (Å²) < 4.78 is 9.38. The van der Waals surface area contributed by atoms with Gasteiger partial charge in [0.05, 0.1) is 11.8 Å². The van der Waals surface area contributed by atoms with E-state index in [4.69, 9.17) is 9.84 Å². The Morgan fingerprint density at radius 1 is 1.59 bits per heavy atom. The molecule has 2 unspecified atom stereocenters. The van der Waals surface area contributed by atoms with Crippen molar-refractivity contribution in [2.75, 3.05) is 12.4 Å². The second-order valence-electron chi connectivity index (χ2n) is 4.29. The first-order chi connectivity index (χ1) is 8.11. The fourth-order valence-corrected chi connectivity index (χ4v) is 3.06. The molecule has 1 fully saturated rings. The molecule has 0 aromatic carbocycles. The number of rotatable bonds is 4. The van der Waals surface area contributed by atoms with E-state index in [1.807, 2.05) is 0 Å². The summed E-state index contributed by atoms with van der Waals surface area (Å²) in [6.07, 6.45) is 3.24. The van der Waals surface area contributed by atoms with Gasteiger partial charge >= 0.3 is 5.97 Å². The van der Waals surface area contributed by atoms with Crippen LogP contribution >= 0.6 is 11.5 Å². The molecule has 5 nitrogen and oxygen atoms in total. The molecule has 1 aromatic heterocycles. The summed E-state index contributed by atoms with van der Waals surface area (Å²) in [6.45, 7) is 1.72. The smallest absolute Gasteiger partial charge is 0.340 e. The van der Waals surface area contributed by atoms with Crippen molar-refractivity contribution in [1.82, 2.24) is 4.37 Å². The van der Waals surface area contributed by atoms with Crippen molar-refractivity contribution in [2.24, 2.45) is 0 Å². The summed E-state index contributed by atoms with van der Waals surface area (Å²) >= 11 is 1.22. The molecular formula is C11H16N2O3S. The number of carboxylic acid groups (broad SMARTS) is 1. The van der Waals surface area contributed by atoms with Crippen LogP contribution in [0.1, 0.15) is 35.3 Å². The van der Waals surface area contributed by atoms with E-state index in [1.165, 1.54) is 11.5 Å². The van der Waals surface area contributed by atoms with Crippen LogP contribution in [0.3, 0.4) is 0 Å². The number of hydrogen-bond donors (Lipinski definition) is 2. The summed E-state index contributed by atoms with van der Waals surface area (Å²) in [5.41, 5.74) is 0.877. The highest BCUT2D eigenvalue weighted by atomic mass is 32.1. The van der Waals surface area contributed by atoms with E-state index < -0.39 is 5.97 Å². The topological polar surface area (TPSA) is 71.5 Å². The van der Waals surface area contributed by atoms with Crippen molar-refractivity contribution in [2.45, 2.75) is 38.3 Å². The van der Waals surface area contributed by atoms with Gasteiger partial charge in [-0.25, -0.2) is 4.79 Å². The molecular weight excluding hydrogens is 240 g/mol. The molecule has 2 N–H and O–H groups in total. The van der Waals surface area contributed by atoms with Crippen LogP contribution < -0.4 is 5.32 Å². The number of hydrogen-bond acceptors (Lipinski definition) is 5. The van der Waals surface area contributed by atoms with Crippen molar-refractivity contribution in [3.8, 4) is 0 Å². The van der Waals surface area contributed by atoms with Gasteiger partial charge in [0, 0.05) is 13.2 Å². The van der Waals surface area contributed by atoms with E-state index in [0.717, 1.165) is 19.3 Å². The van der Waals surface area contributed by atoms with Crippen LogP contribution in [0.5, 0.6) is 0 Å². The van der Waals surface area contributed by atoms with Crippen molar-refractivity contribution in [3.05, 3.63) is 11.3 Å². The average molecular weight is 256 g/mol. The molecule has 0 saturated heterocycles. The van der Waals surface area contributed by atoms with E-state index in [9.17, 15) is 4.79 Å². The molecule has 2 rings (SSSR count). The number of methoxy groups -OCH3 is 1. The quantitative estimate of drug-likeness (QED) is 0.863. The summed E-state index contributed by atoms with van der Waals surface area (Å²) in [7, 11) is 1.71. The van der Waals surface area contributed by atoms with E-state index in [0.29, 0.717) is 16.3 Å². The minimum absolute atomic E-state index is 0.287. The SMILES string of the molecule is COC1CCC(Nc2snc(C)c2C(=O)O)C1. The zero-order chi connectivity index (χ0) is 12.4. The van der Waals surface area contributed by atoms with Gasteiger partial charge in [-0.1, -0.05) is 0 Å². The Balaban J connectivity index is 2.07. The standard InChI is InChI=1S/C11H16N2O3S/c1-6-9(11(14)15)10(17-13-6)12-7-3-4-8(5-7)16-2/h7-8,12H,3-5H2,1-2H3,(H,14,15). The lowest BCUT2D eigenvalue weighted by Gasteiger charge is -2.13. The highest BCUT2D eigenvalue weighted by Gasteiger charge is 2.27. The molecule has 0 aliphatic heterocycles. The minimum atomic E-state index is -0.917. The Hall–Kier alpha value is -1.14. The number of carbonyl (C=O) groups is 1. The maximum Gasteiger partial charge on any atom is 0.340 e. The van der Waals surface area contributed by atoms with Crippen LogP contribution in [0.15, 0.2) is 0 Å². The molecule has 2 atom stereocenters. The number of aromatic nitrogens is 1. The van der Waals surface area contributed by atoms with Gasteiger partial charge in [-0.3, -0.25) is 0 Å². The molecule has 94 valence electrons. The molecule has 1 aliphatic carbocycles. The van der Waals surface area contributed by atoms with Crippen molar-refractivity contribution >= 4 is 22.5 Å². The van der Waals surface area contributed by atoms with Crippen LogP contribution in [0.2, 0.25) is 0 Å². The third-order valence-corrected chi connectivity index (χ3v) is 4.00. The fourth-order valence-electron chi connectivity index (χ4n) is 2.19. The van der Waals surface area contributed by atoms with Crippen LogP contribution in [0.4, 0.5) is 5.00 Å². The Kier molecular flexibility index (Phi) is 3.63. The monoisotopic (exact) mass is 256 g/mol. The molecule has 0 bridgehead atoms. The number of aryl methyl sites for hydroxylation is 1. The molecule has 1 aromatic rings. The van der Waals surface area contributed by atoms with Gasteiger partial charge in [-0.15, -0.1) is 0 Å². The van der Waals surface area contributed by atoms with Gasteiger partial charge in [0.25, 0.3) is 0 Å². The summed E-state index contributed by atoms with van der Waals surface area (Å²) in [5.74, 6) is -0.917. The lowest BCUT2D eigenvalue weighted by atomic mass is 10.2. The second-order valence-corrected chi connectivity index (χ2v) is 5.06. The van der Waals surface area contributed by atoms with E-state index in [2.05, 4.69) is 9.69 Å². The largest absolute Gasteiger partial charge is 0.478 e.